The van der Waals surface area contributed by atoms with Crippen LogP contribution in [0.15, 0.2) is 36.5 Å². The number of pyridine rings is 1. The number of anilines is 2. The van der Waals surface area contributed by atoms with Crippen molar-refractivity contribution in [2.75, 3.05) is 16.8 Å². The third-order valence-corrected chi connectivity index (χ3v) is 5.22. The third-order valence-electron chi connectivity index (χ3n) is 4.93. The molecule has 0 saturated heterocycles. The van der Waals surface area contributed by atoms with Crippen molar-refractivity contribution in [3.8, 4) is 0 Å². The third kappa shape index (κ3) is 4.57. The number of nitrogens with zero attached hydrogens (tertiary/aromatic N) is 3. The molecule has 1 aromatic carbocycles. The lowest BCUT2D eigenvalue weighted by Gasteiger charge is -2.23. The highest BCUT2D eigenvalue weighted by Gasteiger charge is 2.23. The number of Topliss-reactive ketones (excluding diaryl/α,β-unsaturated/α-hetero) is 1. The van der Waals surface area contributed by atoms with Crippen molar-refractivity contribution in [3.63, 3.8) is 0 Å². The second-order valence-electron chi connectivity index (χ2n) is 7.03. The Labute approximate surface area is 182 Å². The molecule has 8 nitrogen and oxygen atoms in total. The number of fused-ring (bicyclic) bond motifs is 1. The Hall–Kier alpha value is -3.30. The minimum absolute atomic E-state index is 0.0989. The van der Waals surface area contributed by atoms with E-state index in [1.807, 2.05) is 0 Å². The largest absolute Gasteiger partial charge is 0.375 e. The summed E-state index contributed by atoms with van der Waals surface area (Å²) in [6, 6.07) is 6.64. The molecule has 2 amide bonds. The van der Waals surface area contributed by atoms with E-state index < -0.39 is 11.8 Å². The van der Waals surface area contributed by atoms with Gasteiger partial charge in [-0.3, -0.25) is 19.8 Å². The number of aromatic amines is 1. The molecule has 2 N–H and O–H groups in total. The molecule has 0 unspecified atom stereocenters. The van der Waals surface area contributed by atoms with Gasteiger partial charge in [0.1, 0.15) is 11.5 Å². The maximum absolute atomic E-state index is 13.5. The summed E-state index contributed by atoms with van der Waals surface area (Å²) < 4.78 is 18.9. The maximum Gasteiger partial charge on any atom is 0.326 e. The summed E-state index contributed by atoms with van der Waals surface area (Å²) in [5.41, 5.74) is 3.72. The molecular formula is C21H19ClFN5O3. The van der Waals surface area contributed by atoms with Crippen LogP contribution in [0.5, 0.6) is 0 Å². The molecule has 31 heavy (non-hydrogen) atoms. The number of carbonyl (C=O) groups excluding carboxylic acids is 2. The van der Waals surface area contributed by atoms with Crippen molar-refractivity contribution in [2.24, 2.45) is 0 Å². The minimum Gasteiger partial charge on any atom is -0.375 e. The van der Waals surface area contributed by atoms with E-state index in [9.17, 15) is 14.0 Å². The van der Waals surface area contributed by atoms with E-state index in [-0.39, 0.29) is 17.4 Å². The summed E-state index contributed by atoms with van der Waals surface area (Å²) >= 11 is 5.83. The van der Waals surface area contributed by atoms with Crippen molar-refractivity contribution in [3.05, 3.63) is 70.0 Å². The van der Waals surface area contributed by atoms with Gasteiger partial charge in [0.05, 0.1) is 48.1 Å². The predicted octanol–water partition coefficient (Wildman–Crippen LogP) is 4.11. The van der Waals surface area contributed by atoms with Crippen LogP contribution >= 0.6 is 11.6 Å². The van der Waals surface area contributed by atoms with Crippen LogP contribution in [0.4, 0.5) is 20.6 Å². The number of urea groups is 1. The first kappa shape index (κ1) is 21.0. The number of H-pyrrole nitrogens is 1. The first-order valence-corrected chi connectivity index (χ1v) is 9.93. The van der Waals surface area contributed by atoms with Crippen LogP contribution in [0.25, 0.3) is 0 Å². The number of hydrogen-bond acceptors (Lipinski definition) is 5. The van der Waals surface area contributed by atoms with Gasteiger partial charge < -0.3 is 10.1 Å². The van der Waals surface area contributed by atoms with Crippen molar-refractivity contribution in [2.45, 2.75) is 26.5 Å². The molecular weight excluding hydrogens is 425 g/mol. The molecule has 0 aliphatic carbocycles. The van der Waals surface area contributed by atoms with Gasteiger partial charge in [-0.25, -0.2) is 9.18 Å². The number of nitrogens with one attached hydrogen (secondary N) is 2. The van der Waals surface area contributed by atoms with E-state index in [0.29, 0.717) is 42.4 Å². The molecule has 4 rings (SSSR count). The van der Waals surface area contributed by atoms with Crippen molar-refractivity contribution in [1.29, 1.82) is 0 Å². The Kier molecular flexibility index (Phi) is 5.97. The zero-order chi connectivity index (χ0) is 22.0. The average molecular weight is 444 g/mol. The number of rotatable bonds is 5. The number of hydrogen-bond donors (Lipinski definition) is 2. The van der Waals surface area contributed by atoms with Gasteiger partial charge in [-0.2, -0.15) is 5.10 Å². The predicted molar refractivity (Wildman–Crippen MR) is 113 cm³/mol. The monoisotopic (exact) mass is 443 g/mol. The lowest BCUT2D eigenvalue weighted by atomic mass is 10.1. The van der Waals surface area contributed by atoms with E-state index in [2.05, 4.69) is 20.5 Å². The van der Waals surface area contributed by atoms with Crippen LogP contribution in [-0.2, 0) is 24.3 Å². The van der Waals surface area contributed by atoms with E-state index >= 15 is 0 Å². The first-order valence-electron chi connectivity index (χ1n) is 9.55. The van der Waals surface area contributed by atoms with Crippen molar-refractivity contribution in [1.82, 2.24) is 15.2 Å². The molecule has 0 fully saturated rings. The maximum atomic E-state index is 13.5. The Morgan fingerprint density at radius 3 is 2.87 bits per heavy atom. The van der Waals surface area contributed by atoms with Gasteiger partial charge >= 0.3 is 6.03 Å². The average Bonchev–Trinajstić information content (AvgIpc) is 3.17. The minimum atomic E-state index is -0.578. The highest BCUT2D eigenvalue weighted by molar-refractivity contribution is 6.31. The summed E-state index contributed by atoms with van der Waals surface area (Å²) in [5.74, 6) is -0.754. The summed E-state index contributed by atoms with van der Waals surface area (Å²) in [4.78, 5) is 30.3. The number of amides is 2. The Balaban J connectivity index is 1.64. The normalized spacial score (nSPS) is 12.9. The topological polar surface area (TPSA) is 100 Å². The fourth-order valence-electron chi connectivity index (χ4n) is 3.29. The summed E-state index contributed by atoms with van der Waals surface area (Å²) in [5, 5.41) is 9.93. The molecule has 10 heteroatoms. The van der Waals surface area contributed by atoms with Gasteiger partial charge in [0.25, 0.3) is 0 Å². The molecule has 0 saturated carbocycles. The molecule has 1 aliphatic rings. The van der Waals surface area contributed by atoms with Crippen molar-refractivity contribution < 1.29 is 18.7 Å². The van der Waals surface area contributed by atoms with E-state index in [1.54, 1.807) is 12.1 Å². The summed E-state index contributed by atoms with van der Waals surface area (Å²) in [6.45, 7) is 2.60. The highest BCUT2D eigenvalue weighted by Crippen LogP contribution is 2.24. The van der Waals surface area contributed by atoms with Crippen molar-refractivity contribution >= 4 is 34.8 Å². The van der Waals surface area contributed by atoms with Gasteiger partial charge in [-0.15, -0.1) is 0 Å². The molecule has 160 valence electrons. The Morgan fingerprint density at radius 2 is 2.16 bits per heavy atom. The summed E-state index contributed by atoms with van der Waals surface area (Å²) in [7, 11) is 0. The van der Waals surface area contributed by atoms with Crippen LogP contribution in [0.2, 0.25) is 5.02 Å². The number of ketones is 1. The van der Waals surface area contributed by atoms with Gasteiger partial charge in [0.15, 0.2) is 5.78 Å². The van der Waals surface area contributed by atoms with Crippen LogP contribution in [0.3, 0.4) is 0 Å². The van der Waals surface area contributed by atoms with Gasteiger partial charge in [-0.1, -0.05) is 11.6 Å². The second kappa shape index (κ2) is 8.83. The van der Waals surface area contributed by atoms with Crippen LogP contribution < -0.4 is 10.2 Å². The van der Waals surface area contributed by atoms with E-state index in [0.717, 1.165) is 11.3 Å². The Bertz CT molecular complexity index is 1130. The molecule has 3 aromatic rings. The number of halogens is 2. The Morgan fingerprint density at radius 1 is 1.32 bits per heavy atom. The first-order chi connectivity index (χ1) is 14.9. The van der Waals surface area contributed by atoms with Gasteiger partial charge in [0.2, 0.25) is 0 Å². The number of aromatic nitrogens is 3. The number of carbonyl (C=O) groups is 2. The lowest BCUT2D eigenvalue weighted by Crippen LogP contribution is -2.35. The second-order valence-corrected chi connectivity index (χ2v) is 7.44. The molecule has 0 bridgehead atoms. The summed E-state index contributed by atoms with van der Waals surface area (Å²) in [6.07, 6.45) is 2.14. The fraction of sp³-hybridized carbons (Fsp3) is 0.238. The molecule has 0 radical (unpaired) electrons. The molecule has 0 spiro atoms. The smallest absolute Gasteiger partial charge is 0.326 e. The fourth-order valence-corrected chi connectivity index (χ4v) is 3.47. The van der Waals surface area contributed by atoms with E-state index in [4.69, 9.17) is 16.3 Å². The SMILES string of the molecule is CC(=O)c1ccc(N(Cc2n[nH]c3c2CCOC3)C(=O)Nc2ccc(F)c(Cl)c2)cn1. The zero-order valence-corrected chi connectivity index (χ0v) is 17.4. The highest BCUT2D eigenvalue weighted by atomic mass is 35.5. The van der Waals surface area contributed by atoms with E-state index in [1.165, 1.54) is 36.2 Å². The molecule has 0 atom stereocenters. The lowest BCUT2D eigenvalue weighted by molar-refractivity contribution is 0.101. The number of ether oxygens (including phenoxy) is 1. The van der Waals surface area contributed by atoms with Crippen LogP contribution in [-0.4, -0.2) is 33.6 Å². The van der Waals surface area contributed by atoms with Gasteiger partial charge in [-0.05, 0) is 36.8 Å². The standard InChI is InChI=1S/C21H19ClFN5O3/c1-12(29)18-5-3-14(9-24-18)28(10-19-15-6-7-31-11-20(15)27-26-19)21(30)25-13-2-4-17(23)16(22)8-13/h2-5,8-9H,6-7,10-11H2,1H3,(H,25,30)(H,26,27). The zero-order valence-electron chi connectivity index (χ0n) is 16.6. The van der Waals surface area contributed by atoms with Crippen LogP contribution in [0, 0.1) is 5.82 Å². The molecule has 3 heterocycles. The van der Waals surface area contributed by atoms with Gasteiger partial charge in [0, 0.05) is 18.2 Å². The number of benzene rings is 1. The quantitative estimate of drug-likeness (QED) is 0.578. The van der Waals surface area contributed by atoms with Crippen LogP contribution in [0.1, 0.15) is 34.4 Å². The molecule has 1 aliphatic heterocycles. The molecule has 2 aromatic heterocycles.